The van der Waals surface area contributed by atoms with Crippen molar-refractivity contribution in [3.05, 3.63) is 53.6 Å². The number of carbonyl (C=O) groups is 1. The third-order valence-corrected chi connectivity index (χ3v) is 7.09. The number of ether oxygens (including phenoxy) is 1. The Labute approximate surface area is 181 Å². The molecule has 3 rings (SSSR count). The number of hydrogen-bond donors (Lipinski definition) is 2. The largest absolute Gasteiger partial charge is 0.508 e. The quantitative estimate of drug-likeness (QED) is 0.688. The molecule has 0 unspecified atom stereocenters. The highest BCUT2D eigenvalue weighted by atomic mass is 32.2. The van der Waals surface area contributed by atoms with Gasteiger partial charge in [-0.3, -0.25) is 10.1 Å². The Kier molecular flexibility index (Phi) is 6.71. The molecule has 0 saturated carbocycles. The van der Waals surface area contributed by atoms with E-state index in [1.54, 1.807) is 37.1 Å². The fourth-order valence-electron chi connectivity index (χ4n) is 2.98. The summed E-state index contributed by atoms with van der Waals surface area (Å²) in [6, 6.07) is 10.8. The molecular formula is C20H23N3O5S2. The lowest BCUT2D eigenvalue weighted by Gasteiger charge is -2.26. The molecule has 1 amide bonds. The van der Waals surface area contributed by atoms with Crippen LogP contribution in [0.5, 0.6) is 5.75 Å². The zero-order chi connectivity index (χ0) is 21.9. The van der Waals surface area contributed by atoms with Gasteiger partial charge in [0.2, 0.25) is 10.0 Å². The molecule has 1 aliphatic heterocycles. The number of benzene rings is 2. The van der Waals surface area contributed by atoms with Crippen LogP contribution in [0.2, 0.25) is 0 Å². The van der Waals surface area contributed by atoms with Gasteiger partial charge in [-0.1, -0.05) is 6.07 Å². The third kappa shape index (κ3) is 4.78. The normalized spacial score (nSPS) is 14.9. The molecule has 2 aromatic carbocycles. The molecular weight excluding hydrogens is 426 g/mol. The molecule has 1 aliphatic rings. The van der Waals surface area contributed by atoms with Crippen molar-refractivity contribution in [2.24, 2.45) is 0 Å². The first-order chi connectivity index (χ1) is 14.2. The minimum atomic E-state index is -3.72. The van der Waals surface area contributed by atoms with Gasteiger partial charge in [0.15, 0.2) is 5.11 Å². The van der Waals surface area contributed by atoms with Gasteiger partial charge in [0.25, 0.3) is 5.91 Å². The van der Waals surface area contributed by atoms with Crippen molar-refractivity contribution in [1.82, 2.24) is 9.62 Å². The lowest BCUT2D eigenvalue weighted by atomic mass is 10.1. The van der Waals surface area contributed by atoms with Gasteiger partial charge in [0, 0.05) is 31.4 Å². The fourth-order valence-corrected chi connectivity index (χ4v) is 4.62. The zero-order valence-electron chi connectivity index (χ0n) is 16.7. The number of carbonyl (C=O) groups excluding carboxylic acids is 1. The number of phenolic OH excluding ortho intramolecular Hbond substituents is 1. The van der Waals surface area contributed by atoms with Crippen molar-refractivity contribution in [2.75, 3.05) is 38.3 Å². The second-order valence-corrected chi connectivity index (χ2v) is 9.15. The molecule has 2 N–H and O–H groups in total. The van der Waals surface area contributed by atoms with Gasteiger partial charge in [-0.05, 0) is 61.1 Å². The number of amides is 1. The maximum atomic E-state index is 12.9. The summed E-state index contributed by atoms with van der Waals surface area (Å²) >= 11 is 5.31. The van der Waals surface area contributed by atoms with Gasteiger partial charge < -0.3 is 14.7 Å². The summed E-state index contributed by atoms with van der Waals surface area (Å²) in [5.74, 6) is -0.377. The van der Waals surface area contributed by atoms with E-state index in [0.717, 1.165) is 0 Å². The Hall–Kier alpha value is -2.53. The summed E-state index contributed by atoms with van der Waals surface area (Å²) in [5.41, 5.74) is 1.53. The molecule has 0 radical (unpaired) electrons. The third-order valence-electron chi connectivity index (χ3n) is 4.82. The topological polar surface area (TPSA) is 99.2 Å². The van der Waals surface area contributed by atoms with E-state index < -0.39 is 15.9 Å². The van der Waals surface area contributed by atoms with Crippen LogP contribution in [0.3, 0.4) is 0 Å². The van der Waals surface area contributed by atoms with Crippen molar-refractivity contribution in [1.29, 1.82) is 0 Å². The number of sulfonamides is 1. The van der Waals surface area contributed by atoms with Crippen LogP contribution in [-0.4, -0.2) is 62.2 Å². The Bertz CT molecular complexity index is 1050. The highest BCUT2D eigenvalue weighted by Gasteiger charge is 2.27. The molecule has 0 spiro atoms. The second kappa shape index (κ2) is 9.09. The maximum Gasteiger partial charge on any atom is 0.257 e. The first-order valence-corrected chi connectivity index (χ1v) is 11.1. The molecule has 2 aromatic rings. The molecule has 0 atom stereocenters. The summed E-state index contributed by atoms with van der Waals surface area (Å²) < 4.78 is 32.4. The number of rotatable bonds is 4. The second-order valence-electron chi connectivity index (χ2n) is 6.83. The smallest absolute Gasteiger partial charge is 0.257 e. The monoisotopic (exact) mass is 449 g/mol. The lowest BCUT2D eigenvalue weighted by Crippen LogP contribution is -2.41. The fraction of sp³-hybridized carbons (Fsp3) is 0.300. The van der Waals surface area contributed by atoms with Crippen LogP contribution in [0.4, 0.5) is 5.69 Å². The van der Waals surface area contributed by atoms with E-state index in [0.29, 0.717) is 24.5 Å². The highest BCUT2D eigenvalue weighted by molar-refractivity contribution is 7.89. The number of morpholine rings is 1. The van der Waals surface area contributed by atoms with Gasteiger partial charge in [0.05, 0.1) is 18.1 Å². The Morgan fingerprint density at radius 1 is 1.17 bits per heavy atom. The SMILES string of the molecule is Cc1ccc(S(=O)(=O)N2CCOCC2)cc1C(=O)NC(=S)N(C)c1ccc(O)cc1. The minimum absolute atomic E-state index is 0.0537. The van der Waals surface area contributed by atoms with E-state index in [-0.39, 0.29) is 34.4 Å². The van der Waals surface area contributed by atoms with Crippen LogP contribution >= 0.6 is 12.2 Å². The summed E-state index contributed by atoms with van der Waals surface area (Å²) in [5, 5.41) is 12.2. The van der Waals surface area contributed by atoms with Crippen LogP contribution in [0.15, 0.2) is 47.4 Å². The molecule has 0 aromatic heterocycles. The van der Waals surface area contributed by atoms with Crippen molar-refractivity contribution in [3.8, 4) is 5.75 Å². The van der Waals surface area contributed by atoms with E-state index >= 15 is 0 Å². The summed E-state index contributed by atoms with van der Waals surface area (Å²) in [4.78, 5) is 14.5. The number of nitrogens with one attached hydrogen (secondary N) is 1. The number of thiocarbonyl (C=S) groups is 1. The van der Waals surface area contributed by atoms with Gasteiger partial charge in [-0.25, -0.2) is 8.42 Å². The highest BCUT2D eigenvalue weighted by Crippen LogP contribution is 2.21. The predicted molar refractivity (Wildman–Crippen MR) is 117 cm³/mol. The van der Waals surface area contributed by atoms with Gasteiger partial charge in [0.1, 0.15) is 5.75 Å². The van der Waals surface area contributed by atoms with E-state index in [1.807, 2.05) is 0 Å². The Balaban J connectivity index is 1.79. The van der Waals surface area contributed by atoms with Crippen LogP contribution in [0, 0.1) is 6.92 Å². The van der Waals surface area contributed by atoms with Gasteiger partial charge in [-0.15, -0.1) is 0 Å². The van der Waals surface area contributed by atoms with E-state index in [4.69, 9.17) is 17.0 Å². The van der Waals surface area contributed by atoms with Crippen LogP contribution in [-0.2, 0) is 14.8 Å². The Morgan fingerprint density at radius 3 is 2.43 bits per heavy atom. The van der Waals surface area contributed by atoms with E-state index in [9.17, 15) is 18.3 Å². The molecule has 0 aliphatic carbocycles. The van der Waals surface area contributed by atoms with E-state index in [1.165, 1.54) is 28.6 Å². The number of aryl methyl sites for hydroxylation is 1. The molecule has 1 fully saturated rings. The number of aromatic hydroxyl groups is 1. The van der Waals surface area contributed by atoms with E-state index in [2.05, 4.69) is 5.32 Å². The summed E-state index contributed by atoms with van der Waals surface area (Å²) in [6.45, 7) is 2.97. The lowest BCUT2D eigenvalue weighted by molar-refractivity contribution is 0.0730. The predicted octanol–water partition coefficient (Wildman–Crippen LogP) is 1.87. The molecule has 0 bridgehead atoms. The van der Waals surface area contributed by atoms with Crippen molar-refractivity contribution < 1.29 is 23.1 Å². The number of hydrogen-bond acceptors (Lipinski definition) is 6. The average molecular weight is 450 g/mol. The van der Waals surface area contributed by atoms with Crippen molar-refractivity contribution >= 4 is 38.9 Å². The molecule has 1 heterocycles. The van der Waals surface area contributed by atoms with Crippen LogP contribution < -0.4 is 10.2 Å². The first-order valence-electron chi connectivity index (χ1n) is 9.27. The zero-order valence-corrected chi connectivity index (χ0v) is 18.3. The molecule has 1 saturated heterocycles. The molecule has 8 nitrogen and oxygen atoms in total. The summed E-state index contributed by atoms with van der Waals surface area (Å²) in [6.07, 6.45) is 0. The standard InChI is InChI=1S/C20H23N3O5S2/c1-14-3-8-17(30(26,27)23-9-11-28-12-10-23)13-18(14)19(25)21-20(29)22(2)15-4-6-16(24)7-5-15/h3-8,13,24H,9-12H2,1-2H3,(H,21,25,29). The Morgan fingerprint density at radius 2 is 1.80 bits per heavy atom. The van der Waals surface area contributed by atoms with Crippen LogP contribution in [0.25, 0.3) is 0 Å². The van der Waals surface area contributed by atoms with Gasteiger partial charge >= 0.3 is 0 Å². The number of anilines is 1. The summed E-state index contributed by atoms with van der Waals surface area (Å²) in [7, 11) is -2.04. The minimum Gasteiger partial charge on any atom is -0.508 e. The first kappa shape index (κ1) is 22.2. The van der Waals surface area contributed by atoms with Gasteiger partial charge in [-0.2, -0.15) is 4.31 Å². The number of nitrogens with zero attached hydrogens (tertiary/aromatic N) is 2. The van der Waals surface area contributed by atoms with Crippen LogP contribution in [0.1, 0.15) is 15.9 Å². The molecule has 160 valence electrons. The average Bonchev–Trinajstić information content (AvgIpc) is 2.74. The molecule has 30 heavy (non-hydrogen) atoms. The van der Waals surface area contributed by atoms with Crippen molar-refractivity contribution in [3.63, 3.8) is 0 Å². The maximum absolute atomic E-state index is 12.9. The molecule has 10 heteroatoms. The van der Waals surface area contributed by atoms with Crippen molar-refractivity contribution in [2.45, 2.75) is 11.8 Å². The number of phenols is 1.